The predicted molar refractivity (Wildman–Crippen MR) is 59.3 cm³/mol. The van der Waals surface area contributed by atoms with Gasteiger partial charge in [0.1, 0.15) is 0 Å². The van der Waals surface area contributed by atoms with E-state index in [0.29, 0.717) is 0 Å². The van der Waals surface area contributed by atoms with Crippen molar-refractivity contribution in [1.82, 2.24) is 0 Å². The Morgan fingerprint density at radius 2 is 2.06 bits per heavy atom. The number of benzene rings is 1. The first-order valence-electron chi connectivity index (χ1n) is 5.35. The van der Waals surface area contributed by atoms with Crippen LogP contribution in [-0.4, -0.2) is 18.9 Å². The molecule has 0 bridgehead atoms. The molecule has 1 aromatic rings. The van der Waals surface area contributed by atoms with E-state index in [-0.39, 0.29) is 30.0 Å². The fourth-order valence-corrected chi connectivity index (χ4v) is 2.29. The number of ketones is 1. The molecule has 0 aromatic heterocycles. The number of methoxy groups -OCH3 is 1. The maximum Gasteiger partial charge on any atom is 0.306 e. The highest BCUT2D eigenvalue weighted by Crippen LogP contribution is 2.39. The van der Waals surface area contributed by atoms with E-state index in [1.807, 2.05) is 31.2 Å². The van der Waals surface area contributed by atoms with E-state index in [2.05, 4.69) is 4.74 Å². The van der Waals surface area contributed by atoms with Crippen LogP contribution in [0.5, 0.6) is 0 Å². The molecule has 0 saturated carbocycles. The van der Waals surface area contributed by atoms with Gasteiger partial charge in [0.25, 0.3) is 0 Å². The summed E-state index contributed by atoms with van der Waals surface area (Å²) in [6, 6.07) is 7.49. The zero-order valence-electron chi connectivity index (χ0n) is 9.40. The molecule has 0 spiro atoms. The molecule has 2 rings (SSSR count). The third-order valence-electron chi connectivity index (χ3n) is 3.26. The van der Waals surface area contributed by atoms with E-state index in [1.54, 1.807) is 0 Å². The van der Waals surface area contributed by atoms with Crippen LogP contribution in [0.15, 0.2) is 24.3 Å². The van der Waals surface area contributed by atoms with Gasteiger partial charge in [-0.25, -0.2) is 0 Å². The van der Waals surface area contributed by atoms with Crippen LogP contribution in [0.2, 0.25) is 0 Å². The number of hydrogen-bond donors (Lipinski definition) is 0. The molecule has 84 valence electrons. The Labute approximate surface area is 94.4 Å². The fraction of sp³-hybridized carbons (Fsp3) is 0.385. The second-order valence-corrected chi connectivity index (χ2v) is 4.13. The van der Waals surface area contributed by atoms with E-state index in [0.717, 1.165) is 11.1 Å². The summed E-state index contributed by atoms with van der Waals surface area (Å²) in [6.07, 6.45) is 0.278. The Morgan fingerprint density at radius 1 is 1.38 bits per heavy atom. The molecule has 0 heterocycles. The standard InChI is InChI=1S/C13H14O3/c1-8-11(7-12(14)16-2)9-5-3-4-6-10(9)13(8)15/h3-6,8,11H,7H2,1-2H3. The lowest BCUT2D eigenvalue weighted by Crippen LogP contribution is -2.14. The van der Waals surface area contributed by atoms with E-state index in [9.17, 15) is 9.59 Å². The first-order chi connectivity index (χ1) is 7.65. The maximum absolute atomic E-state index is 11.9. The normalized spacial score (nSPS) is 23.0. The van der Waals surface area contributed by atoms with Crippen LogP contribution in [0.3, 0.4) is 0 Å². The molecule has 0 radical (unpaired) electrons. The molecule has 1 aliphatic carbocycles. The minimum absolute atomic E-state index is 0.0313. The molecule has 3 nitrogen and oxygen atoms in total. The largest absolute Gasteiger partial charge is 0.469 e. The number of Topliss-reactive ketones (excluding diaryl/α,β-unsaturated/α-hetero) is 1. The third-order valence-corrected chi connectivity index (χ3v) is 3.26. The summed E-state index contributed by atoms with van der Waals surface area (Å²) in [5, 5.41) is 0. The van der Waals surface area contributed by atoms with Gasteiger partial charge in [0.15, 0.2) is 5.78 Å². The lowest BCUT2D eigenvalue weighted by Gasteiger charge is -2.13. The number of carbonyl (C=O) groups is 2. The second-order valence-electron chi connectivity index (χ2n) is 4.13. The van der Waals surface area contributed by atoms with Crippen LogP contribution in [0.1, 0.15) is 35.2 Å². The maximum atomic E-state index is 11.9. The first kappa shape index (κ1) is 10.9. The van der Waals surface area contributed by atoms with Crippen molar-refractivity contribution < 1.29 is 14.3 Å². The van der Waals surface area contributed by atoms with Gasteiger partial charge in [-0.05, 0) is 5.56 Å². The molecule has 3 heteroatoms. The minimum atomic E-state index is -0.263. The summed E-state index contributed by atoms with van der Waals surface area (Å²) in [7, 11) is 1.37. The third kappa shape index (κ3) is 1.62. The Bertz CT molecular complexity index is 437. The molecule has 2 atom stereocenters. The number of carbonyl (C=O) groups excluding carboxylic acids is 2. The zero-order valence-corrected chi connectivity index (χ0v) is 9.40. The Balaban J connectivity index is 2.34. The number of esters is 1. The van der Waals surface area contributed by atoms with Crippen LogP contribution in [0.4, 0.5) is 0 Å². The van der Waals surface area contributed by atoms with Crippen molar-refractivity contribution in [3.63, 3.8) is 0 Å². The van der Waals surface area contributed by atoms with Gasteiger partial charge in [0.05, 0.1) is 13.5 Å². The molecule has 1 aromatic carbocycles. The highest BCUT2D eigenvalue weighted by atomic mass is 16.5. The van der Waals surface area contributed by atoms with E-state index >= 15 is 0 Å². The average Bonchev–Trinajstić information content (AvgIpc) is 2.55. The Hall–Kier alpha value is -1.64. The summed E-state index contributed by atoms with van der Waals surface area (Å²) >= 11 is 0. The van der Waals surface area contributed by atoms with Crippen molar-refractivity contribution in [2.24, 2.45) is 5.92 Å². The van der Waals surface area contributed by atoms with Crippen LogP contribution in [-0.2, 0) is 9.53 Å². The van der Waals surface area contributed by atoms with E-state index < -0.39 is 0 Å². The van der Waals surface area contributed by atoms with Crippen molar-refractivity contribution in [2.45, 2.75) is 19.3 Å². The fourth-order valence-electron chi connectivity index (χ4n) is 2.29. The molecule has 16 heavy (non-hydrogen) atoms. The molecule has 0 N–H and O–H groups in total. The number of fused-ring (bicyclic) bond motifs is 1. The summed E-state index contributed by atoms with van der Waals surface area (Å²) in [6.45, 7) is 1.87. The van der Waals surface area contributed by atoms with E-state index in [4.69, 9.17) is 0 Å². The summed E-state index contributed by atoms with van der Waals surface area (Å²) < 4.78 is 4.66. The SMILES string of the molecule is COC(=O)CC1c2ccccc2C(=O)C1C. The average molecular weight is 218 g/mol. The Morgan fingerprint density at radius 3 is 2.75 bits per heavy atom. The molecule has 0 saturated heterocycles. The van der Waals surface area contributed by atoms with Crippen molar-refractivity contribution >= 4 is 11.8 Å². The highest BCUT2D eigenvalue weighted by molar-refractivity contribution is 6.03. The van der Waals surface area contributed by atoms with Crippen LogP contribution in [0, 0.1) is 5.92 Å². The Kier molecular flexibility index (Phi) is 2.77. The van der Waals surface area contributed by atoms with Crippen LogP contribution >= 0.6 is 0 Å². The quantitative estimate of drug-likeness (QED) is 0.714. The minimum Gasteiger partial charge on any atom is -0.469 e. The van der Waals surface area contributed by atoms with Gasteiger partial charge in [-0.2, -0.15) is 0 Å². The number of ether oxygens (including phenoxy) is 1. The van der Waals surface area contributed by atoms with Gasteiger partial charge in [-0.15, -0.1) is 0 Å². The summed E-state index contributed by atoms with van der Waals surface area (Å²) in [4.78, 5) is 23.2. The number of rotatable bonds is 2. The van der Waals surface area contributed by atoms with Crippen molar-refractivity contribution in [1.29, 1.82) is 0 Å². The lowest BCUT2D eigenvalue weighted by molar-refractivity contribution is -0.141. The zero-order chi connectivity index (χ0) is 11.7. The van der Waals surface area contributed by atoms with Crippen molar-refractivity contribution in [3.8, 4) is 0 Å². The molecular weight excluding hydrogens is 204 g/mol. The lowest BCUT2D eigenvalue weighted by atomic mass is 9.91. The molecule has 0 amide bonds. The van der Waals surface area contributed by atoms with Crippen molar-refractivity contribution in [3.05, 3.63) is 35.4 Å². The molecule has 2 unspecified atom stereocenters. The van der Waals surface area contributed by atoms with Gasteiger partial charge >= 0.3 is 5.97 Å². The smallest absolute Gasteiger partial charge is 0.306 e. The highest BCUT2D eigenvalue weighted by Gasteiger charge is 2.37. The van der Waals surface area contributed by atoms with Gasteiger partial charge in [-0.3, -0.25) is 9.59 Å². The van der Waals surface area contributed by atoms with Crippen LogP contribution < -0.4 is 0 Å². The molecular formula is C13H14O3. The molecule has 0 fully saturated rings. The second kappa shape index (κ2) is 4.08. The van der Waals surface area contributed by atoms with E-state index in [1.165, 1.54) is 7.11 Å². The van der Waals surface area contributed by atoms with Crippen molar-refractivity contribution in [2.75, 3.05) is 7.11 Å². The van der Waals surface area contributed by atoms with Gasteiger partial charge < -0.3 is 4.74 Å². The molecule has 1 aliphatic rings. The van der Waals surface area contributed by atoms with Gasteiger partial charge in [-0.1, -0.05) is 31.2 Å². The number of hydrogen-bond acceptors (Lipinski definition) is 3. The van der Waals surface area contributed by atoms with Gasteiger partial charge in [0, 0.05) is 17.4 Å². The first-order valence-corrected chi connectivity index (χ1v) is 5.35. The molecule has 0 aliphatic heterocycles. The summed E-state index contributed by atoms with van der Waals surface area (Å²) in [5.41, 5.74) is 1.73. The predicted octanol–water partition coefficient (Wildman–Crippen LogP) is 2.17. The summed E-state index contributed by atoms with van der Waals surface area (Å²) in [5.74, 6) is -0.293. The van der Waals surface area contributed by atoms with Gasteiger partial charge in [0.2, 0.25) is 0 Å². The topological polar surface area (TPSA) is 43.4 Å². The van der Waals surface area contributed by atoms with Crippen LogP contribution in [0.25, 0.3) is 0 Å². The monoisotopic (exact) mass is 218 g/mol.